The Balaban J connectivity index is 2.16. The highest BCUT2D eigenvalue weighted by Gasteiger charge is 2.28. The van der Waals surface area contributed by atoms with E-state index in [1.807, 2.05) is 0 Å². The molecule has 0 aromatic carbocycles. The van der Waals surface area contributed by atoms with Crippen LogP contribution in [-0.4, -0.2) is 38.7 Å². The van der Waals surface area contributed by atoms with Gasteiger partial charge in [-0.05, 0) is 12.3 Å². The minimum atomic E-state index is -0.484. The molecule has 1 atom stereocenters. The predicted octanol–water partition coefficient (Wildman–Crippen LogP) is 1.79. The number of amides is 1. The van der Waals surface area contributed by atoms with Crippen LogP contribution in [0, 0.1) is 16.0 Å². The number of hydrogen-bond donors (Lipinski definition) is 0. The Morgan fingerprint density at radius 2 is 2.39 bits per heavy atom. The molecular formula is C11H14BrN3O3. The molecule has 1 aliphatic rings. The van der Waals surface area contributed by atoms with Gasteiger partial charge in [-0.15, -0.1) is 0 Å². The van der Waals surface area contributed by atoms with Crippen molar-refractivity contribution >= 4 is 27.5 Å². The van der Waals surface area contributed by atoms with Crippen LogP contribution in [0.1, 0.15) is 16.9 Å². The van der Waals surface area contributed by atoms with E-state index in [0.717, 1.165) is 11.8 Å². The Kier molecular flexibility index (Phi) is 3.70. The number of nitro groups is 1. The predicted molar refractivity (Wildman–Crippen MR) is 69.9 cm³/mol. The minimum Gasteiger partial charge on any atom is -0.340 e. The maximum absolute atomic E-state index is 12.2. The Bertz CT molecular complexity index is 486. The molecule has 1 unspecified atom stereocenters. The fraction of sp³-hybridized carbons (Fsp3) is 0.545. The molecule has 0 bridgehead atoms. The first kappa shape index (κ1) is 13.1. The highest BCUT2D eigenvalue weighted by Crippen LogP contribution is 2.22. The molecule has 1 saturated heterocycles. The molecule has 0 N–H and O–H groups in total. The summed E-state index contributed by atoms with van der Waals surface area (Å²) in [4.78, 5) is 24.2. The maximum Gasteiger partial charge on any atom is 0.287 e. The lowest BCUT2D eigenvalue weighted by molar-refractivity contribution is -0.384. The molecule has 1 amide bonds. The quantitative estimate of drug-likeness (QED) is 0.485. The molecule has 1 aromatic rings. The van der Waals surface area contributed by atoms with E-state index < -0.39 is 4.92 Å². The zero-order chi connectivity index (χ0) is 13.3. The summed E-state index contributed by atoms with van der Waals surface area (Å²) in [5, 5.41) is 11.5. The molecule has 0 saturated carbocycles. The zero-order valence-electron chi connectivity index (χ0n) is 10.0. The molecule has 0 spiro atoms. The van der Waals surface area contributed by atoms with Crippen molar-refractivity contribution in [2.24, 2.45) is 13.0 Å². The third kappa shape index (κ3) is 2.40. The first-order chi connectivity index (χ1) is 8.52. The van der Waals surface area contributed by atoms with Crippen LogP contribution in [-0.2, 0) is 7.05 Å². The van der Waals surface area contributed by atoms with Crippen LogP contribution >= 0.6 is 15.9 Å². The number of hydrogen-bond acceptors (Lipinski definition) is 3. The average molecular weight is 316 g/mol. The number of carbonyl (C=O) groups is 1. The molecule has 0 aliphatic carbocycles. The molecular weight excluding hydrogens is 302 g/mol. The molecule has 18 heavy (non-hydrogen) atoms. The van der Waals surface area contributed by atoms with Crippen molar-refractivity contribution in [1.82, 2.24) is 9.47 Å². The van der Waals surface area contributed by atoms with E-state index in [4.69, 9.17) is 0 Å². The third-order valence-electron chi connectivity index (χ3n) is 3.21. The lowest BCUT2D eigenvalue weighted by Crippen LogP contribution is -2.30. The molecule has 1 aliphatic heterocycles. The van der Waals surface area contributed by atoms with E-state index in [0.29, 0.717) is 24.7 Å². The second kappa shape index (κ2) is 5.09. The van der Waals surface area contributed by atoms with Gasteiger partial charge in [0.1, 0.15) is 5.69 Å². The number of aryl methyl sites for hydroxylation is 1. The number of aromatic nitrogens is 1. The number of alkyl halides is 1. The van der Waals surface area contributed by atoms with Crippen LogP contribution in [0.15, 0.2) is 12.3 Å². The number of carbonyl (C=O) groups excluding carboxylic acids is 1. The zero-order valence-corrected chi connectivity index (χ0v) is 11.6. The first-order valence-electron chi connectivity index (χ1n) is 5.69. The van der Waals surface area contributed by atoms with Gasteiger partial charge in [-0.1, -0.05) is 15.9 Å². The third-order valence-corrected chi connectivity index (χ3v) is 4.13. The number of halogens is 1. The first-order valence-corrected chi connectivity index (χ1v) is 6.81. The van der Waals surface area contributed by atoms with E-state index in [-0.39, 0.29) is 11.6 Å². The van der Waals surface area contributed by atoms with E-state index in [9.17, 15) is 14.9 Å². The van der Waals surface area contributed by atoms with Crippen LogP contribution < -0.4 is 0 Å². The smallest absolute Gasteiger partial charge is 0.287 e. The highest BCUT2D eigenvalue weighted by molar-refractivity contribution is 9.09. The fourth-order valence-corrected chi connectivity index (χ4v) is 2.69. The van der Waals surface area contributed by atoms with Gasteiger partial charge in [0, 0.05) is 31.5 Å². The molecule has 1 fully saturated rings. The van der Waals surface area contributed by atoms with E-state index in [1.54, 1.807) is 11.9 Å². The van der Waals surface area contributed by atoms with Gasteiger partial charge in [0.15, 0.2) is 0 Å². The summed E-state index contributed by atoms with van der Waals surface area (Å²) < 4.78 is 1.52. The van der Waals surface area contributed by atoms with Crippen LogP contribution in [0.2, 0.25) is 0 Å². The fourth-order valence-electron chi connectivity index (χ4n) is 2.16. The van der Waals surface area contributed by atoms with Gasteiger partial charge in [0.05, 0.1) is 11.1 Å². The van der Waals surface area contributed by atoms with Gasteiger partial charge in [0.25, 0.3) is 11.6 Å². The number of nitrogens with zero attached hydrogens (tertiary/aromatic N) is 3. The van der Waals surface area contributed by atoms with Crippen LogP contribution in [0.25, 0.3) is 0 Å². The van der Waals surface area contributed by atoms with Crippen molar-refractivity contribution in [3.8, 4) is 0 Å². The van der Waals surface area contributed by atoms with E-state index in [2.05, 4.69) is 15.9 Å². The lowest BCUT2D eigenvalue weighted by Gasteiger charge is -2.16. The van der Waals surface area contributed by atoms with Gasteiger partial charge >= 0.3 is 0 Å². The Hall–Kier alpha value is -1.37. The minimum absolute atomic E-state index is 0.0444. The maximum atomic E-state index is 12.2. The van der Waals surface area contributed by atoms with E-state index in [1.165, 1.54) is 16.8 Å². The van der Waals surface area contributed by atoms with Crippen molar-refractivity contribution in [2.75, 3.05) is 18.4 Å². The van der Waals surface area contributed by atoms with Crippen molar-refractivity contribution < 1.29 is 9.72 Å². The normalized spacial score (nSPS) is 19.2. The number of likely N-dealkylation sites (tertiary alicyclic amines) is 1. The van der Waals surface area contributed by atoms with Gasteiger partial charge in [-0.2, -0.15) is 0 Å². The largest absolute Gasteiger partial charge is 0.340 e. The van der Waals surface area contributed by atoms with Gasteiger partial charge in [-0.25, -0.2) is 0 Å². The lowest BCUT2D eigenvalue weighted by atomic mass is 10.2. The molecule has 98 valence electrons. The molecule has 6 nitrogen and oxygen atoms in total. The summed E-state index contributed by atoms with van der Waals surface area (Å²) in [5.74, 6) is 0.346. The van der Waals surface area contributed by atoms with Gasteiger partial charge in [-0.3, -0.25) is 14.9 Å². The summed E-state index contributed by atoms with van der Waals surface area (Å²) in [6.07, 6.45) is 2.34. The summed E-state index contributed by atoms with van der Waals surface area (Å²) in [6.45, 7) is 1.43. The molecule has 2 rings (SSSR count). The summed E-state index contributed by atoms with van der Waals surface area (Å²) >= 11 is 3.41. The summed E-state index contributed by atoms with van der Waals surface area (Å²) in [6, 6.07) is 1.34. The monoisotopic (exact) mass is 315 g/mol. The standard InChI is InChI=1S/C11H14BrN3O3/c1-13-7-9(15(17)18)4-10(13)11(16)14-3-2-8(5-12)6-14/h4,7-8H,2-3,5-6H2,1H3. The molecule has 2 heterocycles. The van der Waals surface area contributed by atoms with Crippen LogP contribution in [0.3, 0.4) is 0 Å². The summed E-state index contributed by atoms with van der Waals surface area (Å²) in [5.41, 5.74) is 0.328. The highest BCUT2D eigenvalue weighted by atomic mass is 79.9. The molecule has 1 aromatic heterocycles. The Morgan fingerprint density at radius 3 is 2.89 bits per heavy atom. The van der Waals surface area contributed by atoms with Gasteiger partial charge in [0.2, 0.25) is 0 Å². The Labute approximate surface area is 113 Å². The molecule has 0 radical (unpaired) electrons. The second-order valence-corrected chi connectivity index (χ2v) is 5.16. The van der Waals surface area contributed by atoms with Crippen molar-refractivity contribution in [2.45, 2.75) is 6.42 Å². The topological polar surface area (TPSA) is 68.4 Å². The van der Waals surface area contributed by atoms with Crippen LogP contribution in [0.4, 0.5) is 5.69 Å². The van der Waals surface area contributed by atoms with Gasteiger partial charge < -0.3 is 9.47 Å². The average Bonchev–Trinajstić information content (AvgIpc) is 2.94. The second-order valence-electron chi connectivity index (χ2n) is 4.51. The summed E-state index contributed by atoms with van der Waals surface area (Å²) in [7, 11) is 1.65. The van der Waals surface area contributed by atoms with Crippen molar-refractivity contribution in [1.29, 1.82) is 0 Å². The number of rotatable bonds is 3. The molecule has 7 heteroatoms. The van der Waals surface area contributed by atoms with Crippen LogP contribution in [0.5, 0.6) is 0 Å². The van der Waals surface area contributed by atoms with Crippen molar-refractivity contribution in [3.63, 3.8) is 0 Å². The Morgan fingerprint density at radius 1 is 1.67 bits per heavy atom. The van der Waals surface area contributed by atoms with E-state index >= 15 is 0 Å². The SMILES string of the molecule is Cn1cc([N+](=O)[O-])cc1C(=O)N1CCC(CBr)C1. The van der Waals surface area contributed by atoms with Crippen molar-refractivity contribution in [3.05, 3.63) is 28.1 Å².